The van der Waals surface area contributed by atoms with Gasteiger partial charge in [-0.3, -0.25) is 9.69 Å². The van der Waals surface area contributed by atoms with E-state index in [1.165, 1.54) is 23.1 Å². The highest BCUT2D eigenvalue weighted by Crippen LogP contribution is 2.40. The average molecular weight is 387 g/mol. The molecule has 10 heteroatoms. The number of hydrogen-bond donors (Lipinski definition) is 1. The molecule has 6 nitrogen and oxygen atoms in total. The Balaban J connectivity index is 1.80. The van der Waals surface area contributed by atoms with Gasteiger partial charge in [-0.1, -0.05) is 5.16 Å². The van der Waals surface area contributed by atoms with E-state index in [9.17, 15) is 22.4 Å². The van der Waals surface area contributed by atoms with Gasteiger partial charge in [0.1, 0.15) is 5.82 Å². The maximum Gasteiger partial charge on any atom is 0.393 e. The summed E-state index contributed by atoms with van der Waals surface area (Å²) in [6, 6.07) is 3.57. The molecule has 2 aromatic rings. The van der Waals surface area contributed by atoms with Crippen LogP contribution in [0.4, 0.5) is 17.6 Å². The summed E-state index contributed by atoms with van der Waals surface area (Å²) in [5.41, 5.74) is 0.901. The molecule has 3 rings (SSSR count). The first kappa shape index (κ1) is 19.3. The zero-order valence-corrected chi connectivity index (χ0v) is 14.5. The zero-order chi connectivity index (χ0) is 19.9. The molecule has 1 saturated heterocycles. The van der Waals surface area contributed by atoms with Crippen LogP contribution in [0.5, 0.6) is 0 Å². The van der Waals surface area contributed by atoms with E-state index in [-0.39, 0.29) is 24.1 Å². The van der Waals surface area contributed by atoms with E-state index in [0.29, 0.717) is 11.1 Å². The number of aryl methyl sites for hydroxylation is 1. The first-order valence-corrected chi connectivity index (χ1v) is 8.21. The molecule has 1 N–H and O–H groups in total. The van der Waals surface area contributed by atoms with Crippen molar-refractivity contribution < 1.29 is 32.0 Å². The molecule has 3 atom stereocenters. The molecule has 2 heterocycles. The van der Waals surface area contributed by atoms with Crippen molar-refractivity contribution in [2.45, 2.75) is 26.1 Å². The molecule has 1 aliphatic rings. The SMILES string of the molecule is Cc1cc(-c2noc(C(C)N3C[C@@H](C(F)(F)F)[C@H](C(=O)O)C3)n2)ccc1F. The van der Waals surface area contributed by atoms with Crippen LogP contribution in [0.3, 0.4) is 0 Å². The number of hydrogen-bond acceptors (Lipinski definition) is 5. The molecule has 27 heavy (non-hydrogen) atoms. The third kappa shape index (κ3) is 3.80. The van der Waals surface area contributed by atoms with Crippen molar-refractivity contribution in [2.24, 2.45) is 11.8 Å². The maximum atomic E-state index is 13.4. The molecular formula is C17H17F4N3O3. The number of aromatic nitrogens is 2. The predicted molar refractivity (Wildman–Crippen MR) is 85.1 cm³/mol. The van der Waals surface area contributed by atoms with Crippen molar-refractivity contribution in [1.29, 1.82) is 0 Å². The molecular weight excluding hydrogens is 370 g/mol. The summed E-state index contributed by atoms with van der Waals surface area (Å²) in [7, 11) is 0. The standard InChI is InChI=1S/C17H17F4N3O3/c1-8-5-10(3-4-13(8)18)14-22-15(27-23-14)9(2)24-6-11(16(25)26)12(7-24)17(19,20)21/h3-5,9,11-12H,6-7H2,1-2H3,(H,25,26)/t9?,11-,12-/m1/s1. The monoisotopic (exact) mass is 387 g/mol. The number of aliphatic carboxylic acids is 1. The van der Waals surface area contributed by atoms with Crippen LogP contribution in [-0.4, -0.2) is 45.4 Å². The number of carboxylic acids is 1. The van der Waals surface area contributed by atoms with E-state index < -0.39 is 36.6 Å². The van der Waals surface area contributed by atoms with Gasteiger partial charge in [0.15, 0.2) is 0 Å². The van der Waals surface area contributed by atoms with Crippen LogP contribution in [0.2, 0.25) is 0 Å². The Hall–Kier alpha value is -2.49. The maximum absolute atomic E-state index is 13.4. The molecule has 0 radical (unpaired) electrons. The van der Waals surface area contributed by atoms with E-state index in [2.05, 4.69) is 10.1 Å². The minimum Gasteiger partial charge on any atom is -0.481 e. The molecule has 1 unspecified atom stereocenters. The quantitative estimate of drug-likeness (QED) is 0.810. The lowest BCUT2D eigenvalue weighted by molar-refractivity contribution is -0.188. The second kappa shape index (κ2) is 6.91. The van der Waals surface area contributed by atoms with Gasteiger partial charge in [0.05, 0.1) is 17.9 Å². The van der Waals surface area contributed by atoms with Crippen LogP contribution >= 0.6 is 0 Å². The van der Waals surface area contributed by atoms with Gasteiger partial charge in [-0.15, -0.1) is 0 Å². The van der Waals surface area contributed by atoms with Crippen molar-refractivity contribution in [3.63, 3.8) is 0 Å². The Morgan fingerprint density at radius 3 is 2.63 bits per heavy atom. The minimum atomic E-state index is -4.61. The number of likely N-dealkylation sites (tertiary alicyclic amines) is 1. The summed E-state index contributed by atoms with van der Waals surface area (Å²) in [6.45, 7) is 2.42. The molecule has 0 saturated carbocycles. The fraction of sp³-hybridized carbons (Fsp3) is 0.471. The summed E-state index contributed by atoms with van der Waals surface area (Å²) < 4.78 is 57.9. The van der Waals surface area contributed by atoms with Crippen molar-refractivity contribution >= 4 is 5.97 Å². The Morgan fingerprint density at radius 2 is 2.07 bits per heavy atom. The van der Waals surface area contributed by atoms with E-state index >= 15 is 0 Å². The molecule has 1 aliphatic heterocycles. The summed E-state index contributed by atoms with van der Waals surface area (Å²) in [5.74, 6) is -5.12. The lowest BCUT2D eigenvalue weighted by Crippen LogP contribution is -2.33. The number of carbonyl (C=O) groups is 1. The van der Waals surface area contributed by atoms with Gasteiger partial charge in [-0.25, -0.2) is 4.39 Å². The molecule has 0 aliphatic carbocycles. The molecule has 1 aromatic heterocycles. The highest BCUT2D eigenvalue weighted by molar-refractivity contribution is 5.71. The zero-order valence-electron chi connectivity index (χ0n) is 14.5. The van der Waals surface area contributed by atoms with Gasteiger partial charge >= 0.3 is 12.1 Å². The number of halogens is 4. The summed E-state index contributed by atoms with van der Waals surface area (Å²) in [6.07, 6.45) is -4.61. The third-order valence-electron chi connectivity index (χ3n) is 4.85. The molecule has 1 aromatic carbocycles. The molecule has 0 bridgehead atoms. The highest BCUT2D eigenvalue weighted by atomic mass is 19.4. The molecule has 0 spiro atoms. The van der Waals surface area contributed by atoms with E-state index in [0.717, 1.165) is 0 Å². The van der Waals surface area contributed by atoms with Gasteiger partial charge in [0.25, 0.3) is 0 Å². The van der Waals surface area contributed by atoms with E-state index in [1.807, 2.05) is 0 Å². The summed E-state index contributed by atoms with van der Waals surface area (Å²) in [5, 5.41) is 12.9. The summed E-state index contributed by atoms with van der Waals surface area (Å²) >= 11 is 0. The van der Waals surface area contributed by atoms with Crippen LogP contribution < -0.4 is 0 Å². The Labute approximate surface area is 151 Å². The van der Waals surface area contributed by atoms with E-state index in [1.54, 1.807) is 13.8 Å². The van der Waals surface area contributed by atoms with Crippen molar-refractivity contribution in [3.8, 4) is 11.4 Å². The van der Waals surface area contributed by atoms with Crippen LogP contribution in [0.1, 0.15) is 24.4 Å². The number of rotatable bonds is 4. The second-order valence-electron chi connectivity index (χ2n) is 6.64. The first-order valence-electron chi connectivity index (χ1n) is 8.21. The third-order valence-corrected chi connectivity index (χ3v) is 4.85. The lowest BCUT2D eigenvalue weighted by atomic mass is 9.96. The number of nitrogens with zero attached hydrogens (tertiary/aromatic N) is 3. The van der Waals surface area contributed by atoms with Gasteiger partial charge in [-0.2, -0.15) is 18.2 Å². The fourth-order valence-corrected chi connectivity index (χ4v) is 3.19. The normalized spacial score (nSPS) is 22.1. The molecule has 146 valence electrons. The second-order valence-corrected chi connectivity index (χ2v) is 6.64. The Morgan fingerprint density at radius 1 is 1.37 bits per heavy atom. The highest BCUT2D eigenvalue weighted by Gasteiger charge is 2.53. The molecule has 1 fully saturated rings. The Bertz CT molecular complexity index is 852. The molecule has 0 amide bonds. The first-order chi connectivity index (χ1) is 12.6. The fourth-order valence-electron chi connectivity index (χ4n) is 3.19. The van der Waals surface area contributed by atoms with Crippen LogP contribution in [0.25, 0.3) is 11.4 Å². The minimum absolute atomic E-state index is 0.0685. The van der Waals surface area contributed by atoms with Crippen LogP contribution in [0.15, 0.2) is 22.7 Å². The number of benzene rings is 1. The number of alkyl halides is 3. The van der Waals surface area contributed by atoms with Gasteiger partial charge in [0.2, 0.25) is 11.7 Å². The van der Waals surface area contributed by atoms with Crippen molar-refractivity contribution in [3.05, 3.63) is 35.5 Å². The van der Waals surface area contributed by atoms with Crippen LogP contribution in [-0.2, 0) is 4.79 Å². The lowest BCUT2D eigenvalue weighted by Gasteiger charge is -2.21. The van der Waals surface area contributed by atoms with Crippen LogP contribution in [0, 0.1) is 24.6 Å². The topological polar surface area (TPSA) is 79.5 Å². The van der Waals surface area contributed by atoms with Gasteiger partial charge < -0.3 is 9.63 Å². The van der Waals surface area contributed by atoms with Crippen molar-refractivity contribution in [2.75, 3.05) is 13.1 Å². The van der Waals surface area contributed by atoms with Gasteiger partial charge in [-0.05, 0) is 37.6 Å². The van der Waals surface area contributed by atoms with Gasteiger partial charge in [0, 0.05) is 18.7 Å². The average Bonchev–Trinajstić information content (AvgIpc) is 3.23. The van der Waals surface area contributed by atoms with E-state index in [4.69, 9.17) is 9.63 Å². The largest absolute Gasteiger partial charge is 0.481 e. The number of carboxylic acid groups (broad SMARTS) is 1. The summed E-state index contributed by atoms with van der Waals surface area (Å²) in [4.78, 5) is 16.8. The Kier molecular flexibility index (Phi) is 4.94. The predicted octanol–water partition coefficient (Wildman–Crippen LogP) is 3.44. The smallest absolute Gasteiger partial charge is 0.393 e. The van der Waals surface area contributed by atoms with Crippen molar-refractivity contribution in [1.82, 2.24) is 15.0 Å².